The maximum absolute atomic E-state index is 10.7. The van der Waals surface area contributed by atoms with Crippen molar-refractivity contribution in [2.75, 3.05) is 13.6 Å². The molecule has 0 amide bonds. The van der Waals surface area contributed by atoms with Crippen LogP contribution in [0.25, 0.3) is 0 Å². The van der Waals surface area contributed by atoms with E-state index < -0.39 is 5.97 Å². The maximum atomic E-state index is 10.7. The molecule has 0 aliphatic rings. The molecule has 0 saturated carbocycles. The van der Waals surface area contributed by atoms with Gasteiger partial charge in [-0.15, -0.1) is 0 Å². The highest BCUT2D eigenvalue weighted by molar-refractivity contribution is 6.31. The van der Waals surface area contributed by atoms with Gasteiger partial charge >= 0.3 is 5.97 Å². The van der Waals surface area contributed by atoms with Crippen molar-refractivity contribution in [3.63, 3.8) is 0 Å². The Morgan fingerprint density at radius 3 is 2.67 bits per heavy atom. The highest BCUT2D eigenvalue weighted by Crippen LogP contribution is 2.25. The van der Waals surface area contributed by atoms with Gasteiger partial charge in [-0.3, -0.25) is 4.90 Å². The van der Waals surface area contributed by atoms with Crippen molar-refractivity contribution in [1.29, 1.82) is 0 Å². The largest absolute Gasteiger partial charge is 0.478 e. The van der Waals surface area contributed by atoms with Gasteiger partial charge in [0.25, 0.3) is 0 Å². The molecule has 0 aliphatic carbocycles. The fourth-order valence-electron chi connectivity index (χ4n) is 1.58. The SMILES string of the molecule is CC(=CCN(C)C(C)c1ccccc1Cl)C(=O)O. The normalized spacial score (nSPS) is 13.7. The minimum absolute atomic E-state index is 0.136. The fraction of sp³-hybridized carbons (Fsp3) is 0.357. The number of carbonyl (C=O) groups is 1. The molecular formula is C14H18ClNO2. The van der Waals surface area contributed by atoms with E-state index >= 15 is 0 Å². The summed E-state index contributed by atoms with van der Waals surface area (Å²) in [5.41, 5.74) is 1.40. The lowest BCUT2D eigenvalue weighted by molar-refractivity contribution is -0.132. The summed E-state index contributed by atoms with van der Waals surface area (Å²) >= 11 is 6.14. The van der Waals surface area contributed by atoms with Crippen LogP contribution in [0.5, 0.6) is 0 Å². The molecule has 4 heteroatoms. The van der Waals surface area contributed by atoms with Gasteiger partial charge in [-0.2, -0.15) is 0 Å². The molecule has 0 bridgehead atoms. The van der Waals surface area contributed by atoms with Crippen molar-refractivity contribution in [2.45, 2.75) is 19.9 Å². The van der Waals surface area contributed by atoms with Crippen molar-refractivity contribution in [3.8, 4) is 0 Å². The van der Waals surface area contributed by atoms with E-state index in [9.17, 15) is 4.79 Å². The first kappa shape index (κ1) is 14.7. The van der Waals surface area contributed by atoms with E-state index in [1.54, 1.807) is 13.0 Å². The molecule has 1 N–H and O–H groups in total. The molecule has 18 heavy (non-hydrogen) atoms. The van der Waals surface area contributed by atoms with Crippen LogP contribution < -0.4 is 0 Å². The number of carboxylic acids is 1. The van der Waals surface area contributed by atoms with Crippen LogP contribution in [-0.2, 0) is 4.79 Å². The highest BCUT2D eigenvalue weighted by atomic mass is 35.5. The van der Waals surface area contributed by atoms with Crippen molar-refractivity contribution in [2.24, 2.45) is 0 Å². The monoisotopic (exact) mass is 267 g/mol. The third kappa shape index (κ3) is 3.86. The quantitative estimate of drug-likeness (QED) is 0.832. The molecule has 1 aromatic rings. The summed E-state index contributed by atoms with van der Waals surface area (Å²) in [7, 11) is 1.94. The highest BCUT2D eigenvalue weighted by Gasteiger charge is 2.13. The fourth-order valence-corrected chi connectivity index (χ4v) is 1.87. The summed E-state index contributed by atoms with van der Waals surface area (Å²) in [5.74, 6) is -0.881. The number of hydrogen-bond acceptors (Lipinski definition) is 2. The van der Waals surface area contributed by atoms with Crippen molar-refractivity contribution in [1.82, 2.24) is 4.90 Å². The van der Waals surface area contributed by atoms with Crippen LogP contribution in [0.1, 0.15) is 25.5 Å². The Morgan fingerprint density at radius 1 is 1.50 bits per heavy atom. The van der Waals surface area contributed by atoms with Gasteiger partial charge in [0.1, 0.15) is 0 Å². The second kappa shape index (κ2) is 6.57. The van der Waals surface area contributed by atoms with E-state index in [4.69, 9.17) is 16.7 Å². The van der Waals surface area contributed by atoms with Gasteiger partial charge in [0.15, 0.2) is 0 Å². The van der Waals surface area contributed by atoms with Gasteiger partial charge in [0, 0.05) is 23.2 Å². The predicted octanol–water partition coefficient (Wildman–Crippen LogP) is 3.36. The topological polar surface area (TPSA) is 40.5 Å². The number of carboxylic acid groups (broad SMARTS) is 1. The third-order valence-corrected chi connectivity index (χ3v) is 3.38. The van der Waals surface area contributed by atoms with Gasteiger partial charge < -0.3 is 5.11 Å². The Labute approximate surface area is 113 Å². The lowest BCUT2D eigenvalue weighted by Gasteiger charge is -2.24. The first-order valence-corrected chi connectivity index (χ1v) is 6.16. The predicted molar refractivity (Wildman–Crippen MR) is 73.9 cm³/mol. The van der Waals surface area contributed by atoms with E-state index in [-0.39, 0.29) is 6.04 Å². The smallest absolute Gasteiger partial charge is 0.330 e. The Kier molecular flexibility index (Phi) is 5.38. The molecule has 0 radical (unpaired) electrons. The number of rotatable bonds is 5. The van der Waals surface area contributed by atoms with Crippen LogP contribution in [0.2, 0.25) is 5.02 Å². The standard InChI is InChI=1S/C14H18ClNO2/c1-10(14(17)18)8-9-16(3)11(2)12-6-4-5-7-13(12)15/h4-8,11H,9H2,1-3H3,(H,17,18). The van der Waals surface area contributed by atoms with Crippen molar-refractivity contribution >= 4 is 17.6 Å². The van der Waals surface area contributed by atoms with Crippen molar-refractivity contribution in [3.05, 3.63) is 46.5 Å². The van der Waals surface area contributed by atoms with Crippen LogP contribution >= 0.6 is 11.6 Å². The zero-order valence-electron chi connectivity index (χ0n) is 10.9. The number of benzene rings is 1. The summed E-state index contributed by atoms with van der Waals surface area (Å²) in [4.78, 5) is 12.7. The van der Waals surface area contributed by atoms with E-state index in [0.717, 1.165) is 10.6 Å². The second-order valence-corrected chi connectivity index (χ2v) is 4.74. The Balaban J connectivity index is 2.74. The minimum Gasteiger partial charge on any atom is -0.478 e. The third-order valence-electron chi connectivity index (χ3n) is 3.04. The Hall–Kier alpha value is -1.32. The lowest BCUT2D eigenvalue weighted by Crippen LogP contribution is -2.23. The van der Waals surface area contributed by atoms with Gasteiger partial charge in [-0.1, -0.05) is 35.9 Å². The van der Waals surface area contributed by atoms with E-state index in [0.29, 0.717) is 12.1 Å². The molecule has 0 heterocycles. The average Bonchev–Trinajstić information content (AvgIpc) is 2.35. The molecule has 1 unspecified atom stereocenters. The molecule has 0 fully saturated rings. The molecule has 0 spiro atoms. The molecule has 1 rings (SSSR count). The molecular weight excluding hydrogens is 250 g/mol. The van der Waals surface area contributed by atoms with E-state index in [1.165, 1.54) is 0 Å². The zero-order chi connectivity index (χ0) is 13.7. The number of halogens is 1. The first-order valence-electron chi connectivity index (χ1n) is 5.78. The molecule has 0 aromatic heterocycles. The summed E-state index contributed by atoms with van der Waals surface area (Å²) in [5, 5.41) is 9.52. The maximum Gasteiger partial charge on any atom is 0.330 e. The van der Waals surface area contributed by atoms with Crippen LogP contribution in [0.15, 0.2) is 35.9 Å². The van der Waals surface area contributed by atoms with Gasteiger partial charge in [0.05, 0.1) is 0 Å². The van der Waals surface area contributed by atoms with Crippen LogP contribution in [0, 0.1) is 0 Å². The van der Waals surface area contributed by atoms with Gasteiger partial charge in [0.2, 0.25) is 0 Å². The zero-order valence-corrected chi connectivity index (χ0v) is 11.6. The number of aliphatic carboxylic acids is 1. The number of nitrogens with zero attached hydrogens (tertiary/aromatic N) is 1. The van der Waals surface area contributed by atoms with E-state index in [2.05, 4.69) is 0 Å². The summed E-state index contributed by atoms with van der Waals surface area (Å²) in [6.07, 6.45) is 1.70. The van der Waals surface area contributed by atoms with Crippen LogP contribution in [-0.4, -0.2) is 29.6 Å². The van der Waals surface area contributed by atoms with Crippen molar-refractivity contribution < 1.29 is 9.90 Å². The molecule has 0 saturated heterocycles. The molecule has 98 valence electrons. The Bertz CT molecular complexity index is 457. The van der Waals surface area contributed by atoms with Crippen LogP contribution in [0.4, 0.5) is 0 Å². The lowest BCUT2D eigenvalue weighted by atomic mass is 10.1. The molecule has 3 nitrogen and oxygen atoms in total. The second-order valence-electron chi connectivity index (χ2n) is 4.33. The average molecular weight is 268 g/mol. The van der Waals surface area contributed by atoms with Gasteiger partial charge in [-0.25, -0.2) is 4.79 Å². The molecule has 0 aliphatic heterocycles. The number of hydrogen-bond donors (Lipinski definition) is 1. The molecule has 1 aromatic carbocycles. The number of likely N-dealkylation sites (N-methyl/N-ethyl adjacent to an activating group) is 1. The molecule has 1 atom stereocenters. The van der Waals surface area contributed by atoms with Crippen LogP contribution in [0.3, 0.4) is 0 Å². The summed E-state index contributed by atoms with van der Waals surface area (Å²) < 4.78 is 0. The summed E-state index contributed by atoms with van der Waals surface area (Å²) in [6, 6.07) is 7.82. The minimum atomic E-state index is -0.881. The first-order chi connectivity index (χ1) is 8.43. The summed E-state index contributed by atoms with van der Waals surface area (Å²) in [6.45, 7) is 4.21. The van der Waals surface area contributed by atoms with E-state index in [1.807, 2.05) is 43.1 Å². The Morgan fingerprint density at radius 2 is 2.11 bits per heavy atom. The van der Waals surface area contributed by atoms with Gasteiger partial charge in [-0.05, 0) is 32.5 Å².